The summed E-state index contributed by atoms with van der Waals surface area (Å²) in [4.78, 5) is 10.9. The number of aromatic hydroxyl groups is 1. The van der Waals surface area contributed by atoms with E-state index in [4.69, 9.17) is 0 Å². The Balaban J connectivity index is 1.58. The van der Waals surface area contributed by atoms with Gasteiger partial charge < -0.3 is 20.6 Å². The fourth-order valence-corrected chi connectivity index (χ4v) is 3.04. The van der Waals surface area contributed by atoms with Crippen LogP contribution in [0.1, 0.15) is 18.4 Å². The van der Waals surface area contributed by atoms with Crippen LogP contribution in [0.4, 0.5) is 11.6 Å². The van der Waals surface area contributed by atoms with E-state index in [2.05, 4.69) is 25.5 Å². The van der Waals surface area contributed by atoms with Gasteiger partial charge in [0.2, 0.25) is 0 Å². The first-order valence-electron chi connectivity index (χ1n) is 8.01. The molecule has 1 unspecified atom stereocenters. The van der Waals surface area contributed by atoms with E-state index in [1.54, 1.807) is 18.5 Å². The van der Waals surface area contributed by atoms with Crippen molar-refractivity contribution in [1.29, 1.82) is 0 Å². The van der Waals surface area contributed by atoms with E-state index >= 15 is 0 Å². The number of nitrogens with one attached hydrogen (secondary N) is 2. The maximum absolute atomic E-state index is 9.51. The molecule has 122 valence electrons. The lowest BCUT2D eigenvalue weighted by atomic mass is 10.2. The van der Waals surface area contributed by atoms with Crippen molar-refractivity contribution in [2.24, 2.45) is 0 Å². The van der Waals surface area contributed by atoms with Crippen molar-refractivity contribution in [3.63, 3.8) is 0 Å². The van der Waals surface area contributed by atoms with Gasteiger partial charge in [-0.15, -0.1) is 0 Å². The van der Waals surface area contributed by atoms with E-state index in [0.29, 0.717) is 11.8 Å². The van der Waals surface area contributed by atoms with Crippen LogP contribution in [-0.4, -0.2) is 41.3 Å². The standard InChI is InChI=1S/C17H23N5O/c1-18-16-9-17(21-12-20-16)22-7-3-5-14(22)11-19-10-13-4-2-6-15(23)8-13/h2,4,6,8-9,12,14,19,23H,3,5,7,10-11H2,1H3,(H,18,20,21). The van der Waals surface area contributed by atoms with Crippen LogP contribution >= 0.6 is 0 Å². The minimum absolute atomic E-state index is 0.312. The highest BCUT2D eigenvalue weighted by molar-refractivity contribution is 5.49. The van der Waals surface area contributed by atoms with Gasteiger partial charge in [0, 0.05) is 38.8 Å². The van der Waals surface area contributed by atoms with E-state index in [0.717, 1.165) is 43.3 Å². The summed E-state index contributed by atoms with van der Waals surface area (Å²) in [5.41, 5.74) is 1.09. The van der Waals surface area contributed by atoms with Gasteiger partial charge >= 0.3 is 0 Å². The molecule has 0 aliphatic carbocycles. The molecule has 1 atom stereocenters. The van der Waals surface area contributed by atoms with Crippen molar-refractivity contribution < 1.29 is 5.11 Å². The Hall–Kier alpha value is -2.34. The maximum atomic E-state index is 9.51. The molecule has 3 N–H and O–H groups in total. The molecule has 23 heavy (non-hydrogen) atoms. The Labute approximate surface area is 136 Å². The second kappa shape index (κ2) is 7.28. The van der Waals surface area contributed by atoms with Gasteiger partial charge in [-0.05, 0) is 30.5 Å². The number of aromatic nitrogens is 2. The summed E-state index contributed by atoms with van der Waals surface area (Å²) in [6, 6.07) is 9.80. The van der Waals surface area contributed by atoms with E-state index in [1.807, 2.05) is 25.2 Å². The Kier molecular flexibility index (Phi) is 4.92. The van der Waals surface area contributed by atoms with E-state index in [1.165, 1.54) is 6.42 Å². The predicted octanol–water partition coefficient (Wildman–Crippen LogP) is 1.98. The van der Waals surface area contributed by atoms with Gasteiger partial charge in [-0.25, -0.2) is 9.97 Å². The summed E-state index contributed by atoms with van der Waals surface area (Å²) in [6.07, 6.45) is 3.94. The first-order valence-corrected chi connectivity index (χ1v) is 8.01. The van der Waals surface area contributed by atoms with Gasteiger partial charge in [0.15, 0.2) is 0 Å². The monoisotopic (exact) mass is 313 g/mol. The highest BCUT2D eigenvalue weighted by atomic mass is 16.3. The Morgan fingerprint density at radius 3 is 3.04 bits per heavy atom. The first-order chi connectivity index (χ1) is 11.3. The molecule has 0 bridgehead atoms. The molecule has 1 fully saturated rings. The van der Waals surface area contributed by atoms with E-state index in [-0.39, 0.29) is 0 Å². The highest BCUT2D eigenvalue weighted by Crippen LogP contribution is 2.24. The Morgan fingerprint density at radius 2 is 2.22 bits per heavy atom. The van der Waals surface area contributed by atoms with Crippen LogP contribution in [0.15, 0.2) is 36.7 Å². The number of hydrogen-bond acceptors (Lipinski definition) is 6. The van der Waals surface area contributed by atoms with Crippen molar-refractivity contribution in [3.05, 3.63) is 42.2 Å². The summed E-state index contributed by atoms with van der Waals surface area (Å²) in [7, 11) is 1.87. The number of rotatable bonds is 6. The number of hydrogen-bond donors (Lipinski definition) is 3. The van der Waals surface area contributed by atoms with Crippen molar-refractivity contribution in [1.82, 2.24) is 15.3 Å². The molecule has 2 heterocycles. The molecule has 6 nitrogen and oxygen atoms in total. The molecular weight excluding hydrogens is 290 g/mol. The van der Waals surface area contributed by atoms with Crippen LogP contribution in [0, 0.1) is 0 Å². The average molecular weight is 313 g/mol. The number of phenols is 1. The van der Waals surface area contributed by atoms with Gasteiger partial charge in [0.1, 0.15) is 23.7 Å². The van der Waals surface area contributed by atoms with Gasteiger partial charge in [-0.3, -0.25) is 0 Å². The van der Waals surface area contributed by atoms with E-state index < -0.39 is 0 Å². The topological polar surface area (TPSA) is 73.3 Å². The van der Waals surface area contributed by atoms with Crippen LogP contribution in [0.5, 0.6) is 5.75 Å². The first kappa shape index (κ1) is 15.6. The highest BCUT2D eigenvalue weighted by Gasteiger charge is 2.25. The van der Waals surface area contributed by atoms with E-state index in [9.17, 15) is 5.11 Å². The largest absolute Gasteiger partial charge is 0.508 e. The molecule has 6 heteroatoms. The lowest BCUT2D eigenvalue weighted by Gasteiger charge is -2.26. The lowest BCUT2D eigenvalue weighted by molar-refractivity contribution is 0.474. The molecule has 1 aromatic carbocycles. The third-order valence-electron chi connectivity index (χ3n) is 4.20. The molecule has 0 amide bonds. The molecule has 0 spiro atoms. The molecule has 2 aromatic rings. The van der Waals surface area contributed by atoms with Crippen LogP contribution in [0.2, 0.25) is 0 Å². The van der Waals surface area contributed by atoms with Gasteiger partial charge in [0.05, 0.1) is 0 Å². The third kappa shape index (κ3) is 3.90. The summed E-state index contributed by atoms with van der Waals surface area (Å²) in [6.45, 7) is 2.68. The molecule has 1 aromatic heterocycles. The van der Waals surface area contributed by atoms with Crippen LogP contribution < -0.4 is 15.5 Å². The molecule has 0 radical (unpaired) electrons. The second-order valence-corrected chi connectivity index (χ2v) is 5.80. The lowest BCUT2D eigenvalue weighted by Crippen LogP contribution is -2.38. The quantitative estimate of drug-likeness (QED) is 0.757. The summed E-state index contributed by atoms with van der Waals surface area (Å²) < 4.78 is 0. The predicted molar refractivity (Wildman–Crippen MR) is 91.8 cm³/mol. The average Bonchev–Trinajstić information content (AvgIpc) is 3.03. The second-order valence-electron chi connectivity index (χ2n) is 5.80. The zero-order valence-corrected chi connectivity index (χ0v) is 13.4. The zero-order valence-electron chi connectivity index (χ0n) is 13.4. The van der Waals surface area contributed by atoms with Crippen LogP contribution in [0.3, 0.4) is 0 Å². The summed E-state index contributed by atoms with van der Waals surface area (Å²) >= 11 is 0. The summed E-state index contributed by atoms with van der Waals surface area (Å²) in [5, 5.41) is 16.1. The minimum Gasteiger partial charge on any atom is -0.508 e. The maximum Gasteiger partial charge on any atom is 0.134 e. The third-order valence-corrected chi connectivity index (χ3v) is 4.20. The number of nitrogens with zero attached hydrogens (tertiary/aromatic N) is 3. The molecule has 1 aliphatic heterocycles. The molecule has 3 rings (SSSR count). The fourth-order valence-electron chi connectivity index (χ4n) is 3.04. The Morgan fingerprint density at radius 1 is 1.30 bits per heavy atom. The normalized spacial score (nSPS) is 17.4. The molecule has 1 saturated heterocycles. The van der Waals surface area contributed by atoms with Crippen LogP contribution in [-0.2, 0) is 6.54 Å². The van der Waals surface area contributed by atoms with Gasteiger partial charge in [0.25, 0.3) is 0 Å². The van der Waals surface area contributed by atoms with Crippen molar-refractivity contribution in [2.75, 3.05) is 30.4 Å². The fraction of sp³-hybridized carbons (Fsp3) is 0.412. The molecular formula is C17H23N5O. The molecule has 1 aliphatic rings. The van der Waals surface area contributed by atoms with Crippen molar-refractivity contribution in [3.8, 4) is 5.75 Å². The van der Waals surface area contributed by atoms with Gasteiger partial charge in [-0.2, -0.15) is 0 Å². The summed E-state index contributed by atoms with van der Waals surface area (Å²) in [5.74, 6) is 2.13. The number of phenolic OH excluding ortho intramolecular Hbond substituents is 1. The number of anilines is 2. The van der Waals surface area contributed by atoms with Crippen molar-refractivity contribution >= 4 is 11.6 Å². The van der Waals surface area contributed by atoms with Crippen LogP contribution in [0.25, 0.3) is 0 Å². The Bertz CT molecular complexity index is 648. The molecule has 0 saturated carbocycles. The number of benzene rings is 1. The zero-order chi connectivity index (χ0) is 16.1. The van der Waals surface area contributed by atoms with Crippen molar-refractivity contribution in [2.45, 2.75) is 25.4 Å². The smallest absolute Gasteiger partial charge is 0.134 e. The SMILES string of the molecule is CNc1cc(N2CCCC2CNCc2cccc(O)c2)ncn1. The minimum atomic E-state index is 0.312. The van der Waals surface area contributed by atoms with Gasteiger partial charge in [-0.1, -0.05) is 12.1 Å².